The highest BCUT2D eigenvalue weighted by molar-refractivity contribution is 14.1. The Morgan fingerprint density at radius 1 is 1.30 bits per heavy atom. The molecular weight excluding hydrogens is 533 g/mol. The highest BCUT2D eigenvalue weighted by atomic mass is 127. The van der Waals surface area contributed by atoms with E-state index in [1.807, 2.05) is 22.6 Å². The van der Waals surface area contributed by atoms with Crippen LogP contribution in [0.25, 0.3) is 11.0 Å². The Morgan fingerprint density at radius 3 is 2.67 bits per heavy atom. The standard InChI is InChI=1S/C18H17F2IN4O4S/c1-9-14-15(24-29-9)13(20)16(22-12-3-2-10(21)8-11(12)19)17(23-14)25-30(27,28)18(4-5-18)6-7-26/h2-3,8,22,26H,4-7H2,1H3,(H,23,25). The lowest BCUT2D eigenvalue weighted by Crippen LogP contribution is -2.31. The first kappa shape index (κ1) is 21.2. The molecule has 1 aromatic carbocycles. The number of rotatable bonds is 7. The number of aliphatic hydroxyl groups excluding tert-OH is 1. The van der Waals surface area contributed by atoms with Crippen molar-refractivity contribution in [3.63, 3.8) is 0 Å². The first-order valence-electron chi connectivity index (χ1n) is 8.98. The van der Waals surface area contributed by atoms with Gasteiger partial charge in [-0.15, -0.1) is 0 Å². The third-order valence-electron chi connectivity index (χ3n) is 5.09. The predicted octanol–water partition coefficient (Wildman–Crippen LogP) is 3.81. The molecular formula is C18H17F2IN4O4S. The summed E-state index contributed by atoms with van der Waals surface area (Å²) >= 11 is 1.93. The highest BCUT2D eigenvalue weighted by Gasteiger charge is 2.54. The highest BCUT2D eigenvalue weighted by Crippen LogP contribution is 2.47. The Hall–Kier alpha value is -2.06. The second kappa shape index (κ2) is 7.57. The SMILES string of the molecule is Cc1onc2c(F)c(Nc3ccc(I)cc3F)c(NS(=O)(=O)C3(CCO)CC3)nc12. The van der Waals surface area contributed by atoms with Crippen molar-refractivity contribution in [2.45, 2.75) is 30.9 Å². The van der Waals surface area contributed by atoms with E-state index in [4.69, 9.17) is 4.52 Å². The number of hydrogen-bond donors (Lipinski definition) is 3. The number of aryl methyl sites for hydroxylation is 1. The van der Waals surface area contributed by atoms with Gasteiger partial charge in [-0.05, 0) is 67.0 Å². The molecule has 1 saturated carbocycles. The molecule has 160 valence electrons. The van der Waals surface area contributed by atoms with Gasteiger partial charge in [0.25, 0.3) is 0 Å². The fourth-order valence-electron chi connectivity index (χ4n) is 3.18. The van der Waals surface area contributed by atoms with Crippen LogP contribution < -0.4 is 10.0 Å². The average molecular weight is 550 g/mol. The fraction of sp³-hybridized carbons (Fsp3) is 0.333. The van der Waals surface area contributed by atoms with Gasteiger partial charge in [0.1, 0.15) is 17.0 Å². The molecule has 0 spiro atoms. The molecule has 2 heterocycles. The minimum absolute atomic E-state index is 0.0471. The van der Waals surface area contributed by atoms with Crippen molar-refractivity contribution in [1.82, 2.24) is 10.1 Å². The molecule has 4 rings (SSSR count). The zero-order valence-electron chi connectivity index (χ0n) is 15.7. The van der Waals surface area contributed by atoms with Crippen LogP contribution in [0.3, 0.4) is 0 Å². The van der Waals surface area contributed by atoms with E-state index in [1.54, 1.807) is 6.07 Å². The second-order valence-electron chi connectivity index (χ2n) is 7.10. The Morgan fingerprint density at radius 2 is 2.03 bits per heavy atom. The van der Waals surface area contributed by atoms with E-state index in [0.717, 1.165) is 0 Å². The second-order valence-corrected chi connectivity index (χ2v) is 10.4. The summed E-state index contributed by atoms with van der Waals surface area (Å²) in [6, 6.07) is 4.26. The molecule has 0 atom stereocenters. The number of halogens is 3. The van der Waals surface area contributed by atoms with Crippen LogP contribution in [0, 0.1) is 22.1 Å². The molecule has 3 aromatic rings. The Kier molecular flexibility index (Phi) is 5.34. The van der Waals surface area contributed by atoms with Gasteiger partial charge in [-0.3, -0.25) is 4.72 Å². The molecule has 30 heavy (non-hydrogen) atoms. The van der Waals surface area contributed by atoms with Crippen LogP contribution in [0.2, 0.25) is 0 Å². The number of pyridine rings is 1. The van der Waals surface area contributed by atoms with Gasteiger partial charge in [0.15, 0.2) is 22.9 Å². The van der Waals surface area contributed by atoms with Crippen LogP contribution in [0.4, 0.5) is 26.0 Å². The van der Waals surface area contributed by atoms with E-state index in [0.29, 0.717) is 16.4 Å². The average Bonchev–Trinajstić information content (AvgIpc) is 3.38. The lowest BCUT2D eigenvalue weighted by atomic mass is 10.2. The number of nitrogens with one attached hydrogen (secondary N) is 2. The van der Waals surface area contributed by atoms with Gasteiger partial charge in [0.2, 0.25) is 10.0 Å². The number of anilines is 3. The molecule has 1 fully saturated rings. The molecule has 3 N–H and O–H groups in total. The van der Waals surface area contributed by atoms with Crippen molar-refractivity contribution in [1.29, 1.82) is 0 Å². The third kappa shape index (κ3) is 3.60. The van der Waals surface area contributed by atoms with Crippen LogP contribution in [0.15, 0.2) is 22.7 Å². The van der Waals surface area contributed by atoms with Crippen molar-refractivity contribution in [2.75, 3.05) is 16.6 Å². The van der Waals surface area contributed by atoms with Crippen LogP contribution >= 0.6 is 22.6 Å². The number of benzene rings is 1. The van der Waals surface area contributed by atoms with Gasteiger partial charge in [-0.2, -0.15) is 0 Å². The van der Waals surface area contributed by atoms with Crippen molar-refractivity contribution in [3.05, 3.63) is 39.2 Å². The Balaban J connectivity index is 1.83. The van der Waals surface area contributed by atoms with E-state index < -0.39 is 26.4 Å². The first-order chi connectivity index (χ1) is 14.2. The van der Waals surface area contributed by atoms with E-state index in [2.05, 4.69) is 20.2 Å². The maximum absolute atomic E-state index is 15.3. The number of nitrogens with zero attached hydrogens (tertiary/aromatic N) is 2. The van der Waals surface area contributed by atoms with E-state index >= 15 is 4.39 Å². The summed E-state index contributed by atoms with van der Waals surface area (Å²) in [6.45, 7) is 1.21. The van der Waals surface area contributed by atoms with Crippen LogP contribution in [-0.2, 0) is 10.0 Å². The topological polar surface area (TPSA) is 117 Å². The van der Waals surface area contributed by atoms with Gasteiger partial charge in [-0.25, -0.2) is 22.2 Å². The maximum atomic E-state index is 15.3. The predicted molar refractivity (Wildman–Crippen MR) is 115 cm³/mol. The van der Waals surface area contributed by atoms with Gasteiger partial charge in [0, 0.05) is 10.2 Å². The molecule has 0 saturated heterocycles. The minimum Gasteiger partial charge on any atom is -0.396 e. The summed E-state index contributed by atoms with van der Waals surface area (Å²) < 4.78 is 62.3. The molecule has 1 aliphatic carbocycles. The van der Waals surface area contributed by atoms with Gasteiger partial charge >= 0.3 is 0 Å². The summed E-state index contributed by atoms with van der Waals surface area (Å²) in [5, 5.41) is 15.4. The molecule has 8 nitrogen and oxygen atoms in total. The summed E-state index contributed by atoms with van der Waals surface area (Å²) in [4.78, 5) is 4.19. The third-order valence-corrected chi connectivity index (χ3v) is 7.97. The Bertz CT molecular complexity index is 1240. The van der Waals surface area contributed by atoms with E-state index in [1.165, 1.54) is 19.1 Å². The molecule has 0 aliphatic heterocycles. The summed E-state index contributed by atoms with van der Waals surface area (Å²) in [6.07, 6.45) is 0.788. The number of fused-ring (bicyclic) bond motifs is 1. The number of sulfonamides is 1. The molecule has 0 unspecified atom stereocenters. The van der Waals surface area contributed by atoms with Crippen LogP contribution in [-0.4, -0.2) is 35.0 Å². The van der Waals surface area contributed by atoms with Crippen LogP contribution in [0.5, 0.6) is 0 Å². The van der Waals surface area contributed by atoms with Crippen molar-refractivity contribution >= 4 is 60.8 Å². The van der Waals surface area contributed by atoms with Crippen LogP contribution in [0.1, 0.15) is 25.0 Å². The number of aromatic nitrogens is 2. The molecule has 0 bridgehead atoms. The summed E-state index contributed by atoms with van der Waals surface area (Å²) in [5.74, 6) is -1.72. The van der Waals surface area contributed by atoms with Gasteiger partial charge in [-0.1, -0.05) is 5.16 Å². The quantitative estimate of drug-likeness (QED) is 0.383. The molecule has 0 amide bonds. The van der Waals surface area contributed by atoms with Crippen molar-refractivity contribution in [3.8, 4) is 0 Å². The Labute approximate surface area is 184 Å². The zero-order chi connectivity index (χ0) is 21.7. The largest absolute Gasteiger partial charge is 0.396 e. The monoisotopic (exact) mass is 550 g/mol. The molecule has 1 aliphatic rings. The normalized spacial score (nSPS) is 15.4. The molecule has 2 aromatic heterocycles. The lowest BCUT2D eigenvalue weighted by molar-refractivity contribution is 0.283. The van der Waals surface area contributed by atoms with E-state index in [9.17, 15) is 17.9 Å². The first-order valence-corrected chi connectivity index (χ1v) is 11.5. The summed E-state index contributed by atoms with van der Waals surface area (Å²) in [5.41, 5.74) is -0.599. The number of aliphatic hydroxyl groups is 1. The molecule has 12 heteroatoms. The lowest BCUT2D eigenvalue weighted by Gasteiger charge is -2.19. The molecule has 0 radical (unpaired) electrons. The maximum Gasteiger partial charge on any atom is 0.239 e. The minimum atomic E-state index is -4.00. The van der Waals surface area contributed by atoms with Crippen molar-refractivity contribution in [2.24, 2.45) is 0 Å². The van der Waals surface area contributed by atoms with E-state index in [-0.39, 0.29) is 47.0 Å². The van der Waals surface area contributed by atoms with Gasteiger partial charge in [0.05, 0.1) is 10.4 Å². The zero-order valence-corrected chi connectivity index (χ0v) is 18.6. The fourth-order valence-corrected chi connectivity index (χ4v) is 5.25. The number of hydrogen-bond acceptors (Lipinski definition) is 7. The smallest absolute Gasteiger partial charge is 0.239 e. The summed E-state index contributed by atoms with van der Waals surface area (Å²) in [7, 11) is -4.00. The van der Waals surface area contributed by atoms with Crippen molar-refractivity contribution < 1.29 is 26.8 Å². The van der Waals surface area contributed by atoms with Gasteiger partial charge < -0.3 is 14.9 Å².